The van der Waals surface area contributed by atoms with Gasteiger partial charge in [0.15, 0.2) is 11.5 Å². The Labute approximate surface area is 247 Å². The Hall–Kier alpha value is -3.97. The van der Waals surface area contributed by atoms with Crippen molar-refractivity contribution in [1.29, 1.82) is 0 Å². The maximum absolute atomic E-state index is 12.5. The third-order valence-corrected chi connectivity index (χ3v) is 8.22. The molecule has 2 fully saturated rings. The van der Waals surface area contributed by atoms with Crippen molar-refractivity contribution >= 4 is 17.1 Å². The highest BCUT2D eigenvalue weighted by Crippen LogP contribution is 2.40. The van der Waals surface area contributed by atoms with Gasteiger partial charge >= 0.3 is 5.97 Å². The first-order valence-corrected chi connectivity index (χ1v) is 15.2. The van der Waals surface area contributed by atoms with E-state index in [4.69, 9.17) is 18.9 Å². The molecule has 7 nitrogen and oxygen atoms in total. The summed E-state index contributed by atoms with van der Waals surface area (Å²) in [7, 11) is 0. The van der Waals surface area contributed by atoms with Gasteiger partial charge in [-0.1, -0.05) is 43.7 Å². The van der Waals surface area contributed by atoms with Gasteiger partial charge in [0, 0.05) is 6.54 Å². The average molecular weight is 570 g/mol. The number of esters is 1. The van der Waals surface area contributed by atoms with Gasteiger partial charge in [0.25, 0.3) is 0 Å². The number of phenols is 1. The number of allylic oxidation sites excluding steroid dienone is 1. The number of hydrogen-bond acceptors (Lipinski definition) is 7. The summed E-state index contributed by atoms with van der Waals surface area (Å²) < 4.78 is 23.3. The average Bonchev–Trinajstić information content (AvgIpc) is 3.77. The maximum Gasteiger partial charge on any atom is 0.309 e. The van der Waals surface area contributed by atoms with Crippen LogP contribution in [0.1, 0.15) is 62.1 Å². The minimum absolute atomic E-state index is 0.0655. The van der Waals surface area contributed by atoms with Crippen molar-refractivity contribution in [2.45, 2.75) is 51.6 Å². The van der Waals surface area contributed by atoms with Gasteiger partial charge in [0.2, 0.25) is 6.79 Å². The highest BCUT2D eigenvalue weighted by molar-refractivity contribution is 5.99. The van der Waals surface area contributed by atoms with Crippen LogP contribution in [-0.4, -0.2) is 55.1 Å². The van der Waals surface area contributed by atoms with Gasteiger partial charge in [0.05, 0.1) is 5.92 Å². The van der Waals surface area contributed by atoms with Crippen LogP contribution >= 0.6 is 0 Å². The molecule has 0 aromatic heterocycles. The molecule has 220 valence electrons. The number of carbonyl (C=O) groups is 1. The molecule has 1 unspecified atom stereocenters. The highest BCUT2D eigenvalue weighted by atomic mass is 16.7. The Bertz CT molecular complexity index is 1400. The molecular formula is C35H39NO6. The first-order chi connectivity index (χ1) is 20.6. The molecule has 1 saturated carbocycles. The van der Waals surface area contributed by atoms with Gasteiger partial charge in [-0.15, -0.1) is 0 Å². The van der Waals surface area contributed by atoms with Crippen LogP contribution in [0, 0.1) is 5.92 Å². The second kappa shape index (κ2) is 12.9. The van der Waals surface area contributed by atoms with E-state index in [0.717, 1.165) is 77.4 Å². The Morgan fingerprint density at radius 2 is 1.57 bits per heavy atom. The zero-order chi connectivity index (χ0) is 28.9. The molecule has 2 aliphatic heterocycles. The molecule has 0 amide bonds. The van der Waals surface area contributed by atoms with Gasteiger partial charge in [-0.2, -0.15) is 0 Å². The highest BCUT2D eigenvalue weighted by Gasteiger charge is 2.33. The lowest BCUT2D eigenvalue weighted by molar-refractivity contribution is -0.153. The predicted octanol–water partition coefficient (Wildman–Crippen LogP) is 6.68. The second-order valence-electron chi connectivity index (χ2n) is 11.4. The molecule has 0 radical (unpaired) electrons. The molecule has 3 aliphatic rings. The fourth-order valence-corrected chi connectivity index (χ4v) is 5.79. The van der Waals surface area contributed by atoms with Crippen LogP contribution < -0.4 is 14.2 Å². The molecule has 0 spiro atoms. The number of piperidine rings is 1. The molecule has 6 rings (SSSR count). The number of hydrogen-bond donors (Lipinski definition) is 1. The van der Waals surface area contributed by atoms with Crippen LogP contribution in [0.15, 0.2) is 66.7 Å². The summed E-state index contributed by atoms with van der Waals surface area (Å²) in [6.45, 7) is 5.49. The summed E-state index contributed by atoms with van der Waals surface area (Å²) >= 11 is 0. The lowest BCUT2D eigenvalue weighted by atomic mass is 9.88. The lowest BCUT2D eigenvalue weighted by Gasteiger charge is -2.30. The first-order valence-electron chi connectivity index (χ1n) is 15.2. The number of rotatable bonds is 11. The number of aromatic hydroxyl groups is 1. The third kappa shape index (κ3) is 6.73. The van der Waals surface area contributed by atoms with E-state index in [1.54, 1.807) is 12.1 Å². The zero-order valence-corrected chi connectivity index (χ0v) is 24.2. The summed E-state index contributed by atoms with van der Waals surface area (Å²) in [5.74, 6) is 2.43. The van der Waals surface area contributed by atoms with Gasteiger partial charge in [-0.05, 0) is 109 Å². The largest absolute Gasteiger partial charge is 0.508 e. The quantitative estimate of drug-likeness (QED) is 0.204. The molecule has 1 atom stereocenters. The zero-order valence-electron chi connectivity index (χ0n) is 24.2. The van der Waals surface area contributed by atoms with E-state index in [0.29, 0.717) is 13.2 Å². The predicted molar refractivity (Wildman–Crippen MR) is 162 cm³/mol. The fraction of sp³-hybridized carbons (Fsp3) is 0.400. The number of ether oxygens (including phenoxy) is 4. The number of carbonyl (C=O) groups excluding carboxylic acids is 1. The molecular weight excluding hydrogens is 530 g/mol. The van der Waals surface area contributed by atoms with E-state index in [9.17, 15) is 9.90 Å². The molecule has 3 aromatic rings. The van der Waals surface area contributed by atoms with Crippen molar-refractivity contribution in [1.82, 2.24) is 4.90 Å². The Balaban J connectivity index is 1.24. The van der Waals surface area contributed by atoms with E-state index in [-0.39, 0.29) is 30.5 Å². The third-order valence-electron chi connectivity index (χ3n) is 8.22. The van der Waals surface area contributed by atoms with Gasteiger partial charge in [0.1, 0.15) is 24.2 Å². The van der Waals surface area contributed by atoms with E-state index >= 15 is 0 Å². The smallest absolute Gasteiger partial charge is 0.309 e. The topological polar surface area (TPSA) is 77.5 Å². The Kier molecular flexibility index (Phi) is 8.65. The van der Waals surface area contributed by atoms with Crippen LogP contribution in [0.4, 0.5) is 0 Å². The van der Waals surface area contributed by atoms with Gasteiger partial charge in [-0.25, -0.2) is 0 Å². The Morgan fingerprint density at radius 3 is 2.26 bits per heavy atom. The van der Waals surface area contributed by atoms with Gasteiger partial charge < -0.3 is 24.1 Å². The van der Waals surface area contributed by atoms with Crippen LogP contribution in [0.3, 0.4) is 0 Å². The van der Waals surface area contributed by atoms with Crippen molar-refractivity contribution in [3.8, 4) is 23.0 Å². The minimum Gasteiger partial charge on any atom is -0.508 e. The monoisotopic (exact) mass is 569 g/mol. The van der Waals surface area contributed by atoms with E-state index in [2.05, 4.69) is 30.0 Å². The van der Waals surface area contributed by atoms with E-state index in [1.807, 2.05) is 36.4 Å². The summed E-state index contributed by atoms with van der Waals surface area (Å²) in [6.07, 6.45) is 6.00. The molecule has 2 heterocycles. The normalized spacial score (nSPS) is 17.8. The molecule has 1 aliphatic carbocycles. The molecule has 1 N–H and O–H groups in total. The second-order valence-corrected chi connectivity index (χ2v) is 11.4. The molecule has 1 saturated heterocycles. The summed E-state index contributed by atoms with van der Waals surface area (Å²) in [5.41, 5.74) is 5.32. The number of likely N-dealkylation sites (tertiary alicyclic amines) is 1. The maximum atomic E-state index is 12.5. The van der Waals surface area contributed by atoms with E-state index < -0.39 is 0 Å². The summed E-state index contributed by atoms with van der Waals surface area (Å²) in [6, 6.07) is 21.4. The van der Waals surface area contributed by atoms with Crippen molar-refractivity contribution in [3.05, 3.63) is 83.4 Å². The van der Waals surface area contributed by atoms with E-state index in [1.165, 1.54) is 19.3 Å². The molecule has 0 bridgehead atoms. The van der Waals surface area contributed by atoms with Crippen LogP contribution in [0.2, 0.25) is 0 Å². The number of nitrogens with zero attached hydrogens (tertiary/aromatic N) is 1. The minimum atomic E-state index is -0.291. The van der Waals surface area contributed by atoms with Crippen molar-refractivity contribution < 1.29 is 28.8 Å². The number of phenolic OH excluding ortho intramolecular Hbond substituents is 1. The van der Waals surface area contributed by atoms with Crippen molar-refractivity contribution in [2.75, 3.05) is 33.0 Å². The Morgan fingerprint density at radius 1 is 0.905 bits per heavy atom. The number of fused-ring (bicyclic) bond motifs is 1. The molecule has 42 heavy (non-hydrogen) atoms. The lowest BCUT2D eigenvalue weighted by Crippen LogP contribution is -2.41. The molecule has 7 heteroatoms. The molecule has 3 aromatic carbocycles. The van der Waals surface area contributed by atoms with Crippen molar-refractivity contribution in [3.63, 3.8) is 0 Å². The SMILES string of the molecule is CCC(=C(c1ccc(O)cc1)c1ccc(OCC(CN2CCCCC2)OC(=O)C2CC2)cc1)c1ccc2c(c1)OCO2. The summed E-state index contributed by atoms with van der Waals surface area (Å²) in [5, 5.41) is 9.96. The fourth-order valence-electron chi connectivity index (χ4n) is 5.79. The number of benzene rings is 3. The summed E-state index contributed by atoms with van der Waals surface area (Å²) in [4.78, 5) is 14.9. The first kappa shape index (κ1) is 28.2. The van der Waals surface area contributed by atoms with Gasteiger partial charge in [-0.3, -0.25) is 9.69 Å². The van der Waals surface area contributed by atoms with Crippen LogP contribution in [0.25, 0.3) is 11.1 Å². The van der Waals surface area contributed by atoms with Crippen LogP contribution in [-0.2, 0) is 9.53 Å². The van der Waals surface area contributed by atoms with Crippen LogP contribution in [0.5, 0.6) is 23.0 Å². The standard InChI is InChI=1S/C35H39NO6/c1-2-31(27-12-17-32-33(20-27)41-23-40-32)34(24-8-13-28(37)14-9-24)25-10-15-29(16-11-25)39-22-30(42-35(38)26-6-7-26)21-36-18-4-3-5-19-36/h8-17,20,26,30,37H,2-7,18-19,21-23H2,1H3. The van der Waals surface area contributed by atoms with Crippen molar-refractivity contribution in [2.24, 2.45) is 5.92 Å².